The number of hydrogen-bond donors (Lipinski definition) is 0. The molecule has 252 valence electrons. The van der Waals surface area contributed by atoms with Gasteiger partial charge in [0.25, 0.3) is 0 Å². The fourth-order valence-electron chi connectivity index (χ4n) is 7.70. The predicted octanol–water partition coefficient (Wildman–Crippen LogP) is 13.2. The van der Waals surface area contributed by atoms with Crippen LogP contribution in [0.25, 0.3) is 111 Å². The van der Waals surface area contributed by atoms with Crippen LogP contribution >= 0.6 is 0 Å². The summed E-state index contributed by atoms with van der Waals surface area (Å²) in [6.45, 7) is 0. The average Bonchev–Trinajstić information content (AvgIpc) is 3.82. The molecule has 0 amide bonds. The topological polar surface area (TPSA) is 65.0 Å². The van der Waals surface area contributed by atoms with Crippen LogP contribution < -0.4 is 0 Å². The summed E-state index contributed by atoms with van der Waals surface area (Å²) in [5, 5.41) is 6.29. The summed E-state index contributed by atoms with van der Waals surface area (Å²) in [5.41, 5.74) is 10.3. The molecule has 5 heteroatoms. The lowest BCUT2D eigenvalue weighted by molar-refractivity contribution is 0.668. The molecule has 0 spiro atoms. The third-order valence-electron chi connectivity index (χ3n) is 10.3. The maximum absolute atomic E-state index is 6.48. The van der Waals surface area contributed by atoms with Gasteiger partial charge in [-0.2, -0.15) is 0 Å². The van der Waals surface area contributed by atoms with Crippen LogP contribution in [-0.2, 0) is 0 Å². The minimum Gasteiger partial charge on any atom is -0.456 e. The normalized spacial score (nSPS) is 11.7. The summed E-state index contributed by atoms with van der Waals surface area (Å²) in [7, 11) is 0. The fraction of sp³-hybridized carbons (Fsp3) is 0. The first kappa shape index (κ1) is 30.3. The number of benzene rings is 8. The molecule has 0 saturated heterocycles. The zero-order valence-corrected chi connectivity index (χ0v) is 28.9. The number of furan rings is 2. The van der Waals surface area contributed by atoms with Crippen LogP contribution in [0.1, 0.15) is 0 Å². The maximum atomic E-state index is 6.48. The van der Waals surface area contributed by atoms with E-state index in [1.165, 1.54) is 11.1 Å². The van der Waals surface area contributed by atoms with Gasteiger partial charge < -0.3 is 8.83 Å². The molecular weight excluding hydrogens is 663 g/mol. The Morgan fingerprint density at radius 3 is 1.83 bits per heavy atom. The van der Waals surface area contributed by atoms with Crippen molar-refractivity contribution in [2.45, 2.75) is 0 Å². The van der Waals surface area contributed by atoms with Crippen molar-refractivity contribution in [1.82, 2.24) is 15.0 Å². The molecule has 11 aromatic rings. The minimum atomic E-state index is 0.538. The largest absolute Gasteiger partial charge is 0.456 e. The highest BCUT2D eigenvalue weighted by Crippen LogP contribution is 2.40. The summed E-state index contributed by atoms with van der Waals surface area (Å²) in [4.78, 5) is 15.6. The van der Waals surface area contributed by atoms with E-state index in [0.717, 1.165) is 82.5 Å². The second kappa shape index (κ2) is 12.1. The Kier molecular flexibility index (Phi) is 6.79. The van der Waals surface area contributed by atoms with Crippen molar-refractivity contribution in [2.24, 2.45) is 0 Å². The van der Waals surface area contributed by atoms with E-state index < -0.39 is 0 Å². The molecule has 0 saturated carbocycles. The molecule has 0 bridgehead atoms. The SMILES string of the molecule is c1ccc(-c2cccc(-c3ccc4oc5cccc(-c6nc(-c7ccc8ccccc8c7)nc(-c7cccc8c7oc7ccccc78)n6)c5c4c3)c2)cc1. The Morgan fingerprint density at radius 2 is 0.926 bits per heavy atom. The lowest BCUT2D eigenvalue weighted by atomic mass is 9.97. The number of para-hydroxylation sites is 2. The highest BCUT2D eigenvalue weighted by Gasteiger charge is 2.21. The summed E-state index contributed by atoms with van der Waals surface area (Å²) in [6, 6.07) is 60.6. The molecule has 8 aromatic carbocycles. The Morgan fingerprint density at radius 1 is 0.315 bits per heavy atom. The smallest absolute Gasteiger partial charge is 0.167 e. The van der Waals surface area contributed by atoms with Gasteiger partial charge in [-0.15, -0.1) is 0 Å². The molecular formula is C49H29N3O2. The van der Waals surface area contributed by atoms with E-state index in [9.17, 15) is 0 Å². The molecule has 11 rings (SSSR count). The van der Waals surface area contributed by atoms with Crippen LogP contribution in [0.4, 0.5) is 0 Å². The fourth-order valence-corrected chi connectivity index (χ4v) is 7.70. The first-order valence-electron chi connectivity index (χ1n) is 18.0. The molecule has 3 heterocycles. The van der Waals surface area contributed by atoms with E-state index in [4.69, 9.17) is 23.8 Å². The van der Waals surface area contributed by atoms with E-state index in [1.54, 1.807) is 0 Å². The van der Waals surface area contributed by atoms with Crippen LogP contribution in [0.15, 0.2) is 185 Å². The summed E-state index contributed by atoms with van der Waals surface area (Å²) in [5.74, 6) is 1.68. The first-order chi connectivity index (χ1) is 26.7. The first-order valence-corrected chi connectivity index (χ1v) is 18.0. The Balaban J connectivity index is 1.13. The average molecular weight is 692 g/mol. The summed E-state index contributed by atoms with van der Waals surface area (Å²) < 4.78 is 13.0. The van der Waals surface area contributed by atoms with Crippen molar-refractivity contribution < 1.29 is 8.83 Å². The van der Waals surface area contributed by atoms with Crippen molar-refractivity contribution in [3.63, 3.8) is 0 Å². The molecule has 0 aliphatic heterocycles. The Labute approximate surface area is 309 Å². The minimum absolute atomic E-state index is 0.538. The second-order valence-corrected chi connectivity index (χ2v) is 13.6. The van der Waals surface area contributed by atoms with Gasteiger partial charge in [0.15, 0.2) is 17.5 Å². The number of rotatable bonds is 5. The van der Waals surface area contributed by atoms with Crippen molar-refractivity contribution in [2.75, 3.05) is 0 Å². The van der Waals surface area contributed by atoms with Gasteiger partial charge in [0.2, 0.25) is 0 Å². The van der Waals surface area contributed by atoms with Crippen molar-refractivity contribution in [3.8, 4) is 56.4 Å². The quantitative estimate of drug-likeness (QED) is 0.180. The predicted molar refractivity (Wildman–Crippen MR) is 219 cm³/mol. The molecule has 0 unspecified atom stereocenters. The van der Waals surface area contributed by atoms with Gasteiger partial charge in [-0.1, -0.05) is 133 Å². The standard InChI is InChI=1S/C49H29N3O2/c1-2-11-30(12-3-1)33-15-8-16-34(27-33)35-25-26-43-41(29-35)45-39(19-10-22-44(45)53-43)48-50-47(36-24-23-31-13-4-5-14-32(31)28-36)51-49(52-48)40-20-9-18-38-37-17-6-7-21-42(37)54-46(38)40/h1-29H. The Hall–Kier alpha value is -7.37. The molecule has 5 nitrogen and oxygen atoms in total. The van der Waals surface area contributed by atoms with Crippen molar-refractivity contribution in [3.05, 3.63) is 176 Å². The monoisotopic (exact) mass is 691 g/mol. The number of nitrogens with zero attached hydrogens (tertiary/aromatic N) is 3. The van der Waals surface area contributed by atoms with Crippen LogP contribution in [0.5, 0.6) is 0 Å². The Bertz CT molecular complexity index is 3230. The van der Waals surface area contributed by atoms with Gasteiger partial charge >= 0.3 is 0 Å². The van der Waals surface area contributed by atoms with E-state index in [1.807, 2.05) is 48.5 Å². The molecule has 3 aromatic heterocycles. The lowest BCUT2D eigenvalue weighted by Gasteiger charge is -2.10. The zero-order chi connectivity index (χ0) is 35.6. The summed E-state index contributed by atoms with van der Waals surface area (Å²) >= 11 is 0. The number of fused-ring (bicyclic) bond motifs is 7. The second-order valence-electron chi connectivity index (χ2n) is 13.6. The third-order valence-corrected chi connectivity index (χ3v) is 10.3. The number of aromatic nitrogens is 3. The summed E-state index contributed by atoms with van der Waals surface area (Å²) in [6.07, 6.45) is 0. The zero-order valence-electron chi connectivity index (χ0n) is 28.9. The van der Waals surface area contributed by atoms with Gasteiger partial charge in [-0.3, -0.25) is 0 Å². The molecule has 0 aliphatic rings. The molecule has 0 N–H and O–H groups in total. The van der Waals surface area contributed by atoms with E-state index in [2.05, 4.69) is 127 Å². The van der Waals surface area contributed by atoms with Crippen LogP contribution in [0, 0.1) is 0 Å². The number of hydrogen-bond acceptors (Lipinski definition) is 5. The maximum Gasteiger partial charge on any atom is 0.167 e. The lowest BCUT2D eigenvalue weighted by Crippen LogP contribution is -2.00. The van der Waals surface area contributed by atoms with Gasteiger partial charge in [0.05, 0.1) is 5.56 Å². The van der Waals surface area contributed by atoms with E-state index >= 15 is 0 Å². The molecule has 0 atom stereocenters. The molecule has 54 heavy (non-hydrogen) atoms. The van der Waals surface area contributed by atoms with Gasteiger partial charge in [0.1, 0.15) is 22.3 Å². The molecule has 0 fully saturated rings. The highest BCUT2D eigenvalue weighted by molar-refractivity contribution is 6.13. The third kappa shape index (κ3) is 4.98. The van der Waals surface area contributed by atoms with Gasteiger partial charge in [-0.25, -0.2) is 15.0 Å². The van der Waals surface area contributed by atoms with Crippen LogP contribution in [-0.4, -0.2) is 15.0 Å². The van der Waals surface area contributed by atoms with Crippen molar-refractivity contribution in [1.29, 1.82) is 0 Å². The van der Waals surface area contributed by atoms with Crippen LogP contribution in [0.2, 0.25) is 0 Å². The van der Waals surface area contributed by atoms with Gasteiger partial charge in [0, 0.05) is 32.7 Å². The van der Waals surface area contributed by atoms with Crippen LogP contribution in [0.3, 0.4) is 0 Å². The van der Waals surface area contributed by atoms with E-state index in [-0.39, 0.29) is 0 Å². The highest BCUT2D eigenvalue weighted by atomic mass is 16.3. The molecule has 0 radical (unpaired) electrons. The molecule has 0 aliphatic carbocycles. The van der Waals surface area contributed by atoms with Gasteiger partial charge in [-0.05, 0) is 75.5 Å². The van der Waals surface area contributed by atoms with Crippen molar-refractivity contribution >= 4 is 54.6 Å². The van der Waals surface area contributed by atoms with E-state index in [0.29, 0.717) is 17.5 Å².